The molecule has 0 aliphatic carbocycles. The number of nitrogens with zero attached hydrogens (tertiary/aromatic N) is 2. The summed E-state index contributed by atoms with van der Waals surface area (Å²) in [4.78, 5) is 2.06. The number of allylic oxidation sites excluding steroid dienone is 3. The highest BCUT2D eigenvalue weighted by Crippen LogP contribution is 2.11. The fraction of sp³-hybridized carbons (Fsp3) is 0.462. The van der Waals surface area contributed by atoms with Gasteiger partial charge in [-0.15, -0.1) is 0 Å². The van der Waals surface area contributed by atoms with Crippen LogP contribution in [0, 0.1) is 5.41 Å². The summed E-state index contributed by atoms with van der Waals surface area (Å²) in [7, 11) is 4.44. The van der Waals surface area contributed by atoms with Gasteiger partial charge in [0.1, 0.15) is 5.84 Å². The van der Waals surface area contributed by atoms with Crippen LogP contribution in [0.2, 0.25) is 0 Å². The molecular weight excluding hydrogens is 226 g/mol. The monoisotopic (exact) mass is 248 g/mol. The maximum absolute atomic E-state index is 8.19. The van der Waals surface area contributed by atoms with E-state index in [0.717, 1.165) is 36.4 Å². The Kier molecular flexibility index (Phi) is 3.43. The first-order chi connectivity index (χ1) is 8.49. The second-order valence-corrected chi connectivity index (χ2v) is 5.41. The highest BCUT2D eigenvalue weighted by atomic mass is 15.4. The molecule has 4 N–H and O–H groups in total. The van der Waals surface area contributed by atoms with Crippen molar-refractivity contribution in [3.8, 4) is 0 Å². The Labute approximate surface area is 108 Å². The quantitative estimate of drug-likeness (QED) is 0.353. The van der Waals surface area contributed by atoms with Crippen molar-refractivity contribution in [1.29, 1.82) is 5.41 Å². The number of hydrogen-bond acceptors (Lipinski definition) is 3. The van der Waals surface area contributed by atoms with Crippen molar-refractivity contribution in [2.24, 2.45) is 5.73 Å². The molecule has 5 nitrogen and oxygen atoms in total. The number of hydrogen-bond donors (Lipinski definition) is 3. The molecule has 0 atom stereocenters. The van der Waals surface area contributed by atoms with Crippen molar-refractivity contribution in [2.75, 3.05) is 40.3 Å². The lowest BCUT2D eigenvalue weighted by Crippen LogP contribution is -2.56. The maximum Gasteiger partial charge on any atom is 0.146 e. The van der Waals surface area contributed by atoms with Crippen LogP contribution in [0.4, 0.5) is 0 Å². The van der Waals surface area contributed by atoms with Gasteiger partial charge >= 0.3 is 0 Å². The van der Waals surface area contributed by atoms with E-state index in [1.54, 1.807) is 0 Å². The second-order valence-electron chi connectivity index (χ2n) is 5.41. The Morgan fingerprint density at radius 3 is 2.56 bits per heavy atom. The summed E-state index contributed by atoms with van der Waals surface area (Å²) in [6.07, 6.45) is 7.54. The van der Waals surface area contributed by atoms with E-state index in [2.05, 4.69) is 24.3 Å². The molecule has 5 heteroatoms. The summed E-state index contributed by atoms with van der Waals surface area (Å²) >= 11 is 0. The number of dihydropyridines is 1. The third-order valence-corrected chi connectivity index (χ3v) is 3.52. The molecule has 0 bridgehead atoms. The number of amidine groups is 1. The molecule has 0 aromatic rings. The molecule has 2 rings (SSSR count). The zero-order valence-electron chi connectivity index (χ0n) is 11.1. The molecule has 1 fully saturated rings. The summed E-state index contributed by atoms with van der Waals surface area (Å²) < 4.78 is 1.02. The predicted molar refractivity (Wildman–Crippen MR) is 73.8 cm³/mol. The number of piperazine rings is 1. The van der Waals surface area contributed by atoms with Crippen LogP contribution in [0.1, 0.15) is 0 Å². The Balaban J connectivity index is 2.04. The summed E-state index contributed by atoms with van der Waals surface area (Å²) in [6.45, 7) is 3.88. The normalized spacial score (nSPS) is 24.7. The Hall–Kier alpha value is -1.75. The van der Waals surface area contributed by atoms with Crippen molar-refractivity contribution in [1.82, 2.24) is 10.2 Å². The summed E-state index contributed by atoms with van der Waals surface area (Å²) in [5, 5.41) is 11.3. The molecular formula is C13H22N5+. The van der Waals surface area contributed by atoms with Crippen LogP contribution in [0.25, 0.3) is 0 Å². The smallest absolute Gasteiger partial charge is 0.146 e. The first-order valence-corrected chi connectivity index (χ1v) is 6.25. The molecule has 2 aliphatic heterocycles. The lowest BCUT2D eigenvalue weighted by molar-refractivity contribution is -0.894. The Morgan fingerprint density at radius 2 is 2.00 bits per heavy atom. The molecule has 0 spiro atoms. The largest absolute Gasteiger partial charge is 0.394 e. The molecule has 98 valence electrons. The number of quaternary nitrogens is 1. The van der Waals surface area contributed by atoms with Crippen LogP contribution in [0.3, 0.4) is 0 Å². The molecule has 0 saturated carbocycles. The molecule has 2 heterocycles. The molecule has 1 saturated heterocycles. The maximum atomic E-state index is 8.19. The summed E-state index contributed by atoms with van der Waals surface area (Å²) in [6, 6.07) is 0. The minimum atomic E-state index is 0.428. The number of nitrogens with two attached hydrogens (primary N) is 1. The van der Waals surface area contributed by atoms with Crippen LogP contribution >= 0.6 is 0 Å². The lowest BCUT2D eigenvalue weighted by atomic mass is 10.2. The van der Waals surface area contributed by atoms with E-state index in [0.29, 0.717) is 11.5 Å². The van der Waals surface area contributed by atoms with Gasteiger partial charge in [-0.25, -0.2) is 0 Å². The van der Waals surface area contributed by atoms with Gasteiger partial charge in [0.15, 0.2) is 0 Å². The van der Waals surface area contributed by atoms with E-state index >= 15 is 0 Å². The molecule has 0 unspecified atom stereocenters. The number of nitrogens with one attached hydrogen (secondary N) is 2. The van der Waals surface area contributed by atoms with Gasteiger partial charge in [0.25, 0.3) is 0 Å². The van der Waals surface area contributed by atoms with Crippen LogP contribution in [0.5, 0.6) is 0 Å². The summed E-state index contributed by atoms with van der Waals surface area (Å²) in [5.74, 6) is 0.428. The SMILES string of the molecule is C[N+]1(C)CCN(C(=N)/C(N)=C2/C=CC=CN2)CC1. The van der Waals surface area contributed by atoms with E-state index in [4.69, 9.17) is 11.1 Å². The van der Waals surface area contributed by atoms with Crippen LogP contribution < -0.4 is 11.1 Å². The van der Waals surface area contributed by atoms with Crippen LogP contribution in [-0.2, 0) is 0 Å². The van der Waals surface area contributed by atoms with Gasteiger partial charge in [0, 0.05) is 6.20 Å². The van der Waals surface area contributed by atoms with Gasteiger partial charge in [-0.1, -0.05) is 6.08 Å². The van der Waals surface area contributed by atoms with Crippen molar-refractivity contribution in [2.45, 2.75) is 0 Å². The molecule has 18 heavy (non-hydrogen) atoms. The molecule has 2 aliphatic rings. The highest BCUT2D eigenvalue weighted by Gasteiger charge is 2.26. The molecule has 0 aromatic carbocycles. The zero-order chi connectivity index (χ0) is 13.2. The van der Waals surface area contributed by atoms with Crippen molar-refractivity contribution in [3.63, 3.8) is 0 Å². The fourth-order valence-corrected chi connectivity index (χ4v) is 2.09. The van der Waals surface area contributed by atoms with Crippen molar-refractivity contribution < 1.29 is 4.48 Å². The predicted octanol–water partition coefficient (Wildman–Crippen LogP) is 0.199. The molecule has 0 amide bonds. The third kappa shape index (κ3) is 2.73. The van der Waals surface area contributed by atoms with E-state index in [1.165, 1.54) is 0 Å². The van der Waals surface area contributed by atoms with Gasteiger partial charge in [0.2, 0.25) is 0 Å². The second kappa shape index (κ2) is 4.86. The van der Waals surface area contributed by atoms with Crippen molar-refractivity contribution >= 4 is 5.84 Å². The van der Waals surface area contributed by atoms with Crippen LogP contribution in [0.15, 0.2) is 35.8 Å². The lowest BCUT2D eigenvalue weighted by Gasteiger charge is -2.40. The number of likely N-dealkylation sites (N-methyl/N-ethyl adjacent to an activating group) is 1. The first-order valence-electron chi connectivity index (χ1n) is 6.25. The minimum Gasteiger partial charge on any atom is -0.394 e. The third-order valence-electron chi connectivity index (χ3n) is 3.52. The van der Waals surface area contributed by atoms with Gasteiger partial charge < -0.3 is 20.4 Å². The highest BCUT2D eigenvalue weighted by molar-refractivity contribution is 5.96. The average molecular weight is 248 g/mol. The Bertz CT molecular complexity index is 421. The summed E-state index contributed by atoms with van der Waals surface area (Å²) in [5.41, 5.74) is 7.37. The van der Waals surface area contributed by atoms with Crippen molar-refractivity contribution in [3.05, 3.63) is 35.8 Å². The molecule has 0 radical (unpaired) electrons. The van der Waals surface area contributed by atoms with E-state index in [9.17, 15) is 0 Å². The number of rotatable bonds is 1. The van der Waals surface area contributed by atoms with Gasteiger partial charge in [-0.2, -0.15) is 0 Å². The zero-order valence-corrected chi connectivity index (χ0v) is 11.1. The minimum absolute atomic E-state index is 0.428. The topological polar surface area (TPSA) is 65.1 Å². The molecule has 0 aromatic heterocycles. The van der Waals surface area contributed by atoms with E-state index in [1.807, 2.05) is 24.4 Å². The van der Waals surface area contributed by atoms with Gasteiger partial charge in [-0.05, 0) is 12.2 Å². The fourth-order valence-electron chi connectivity index (χ4n) is 2.09. The van der Waals surface area contributed by atoms with Gasteiger partial charge in [-0.3, -0.25) is 5.41 Å². The van der Waals surface area contributed by atoms with Gasteiger partial charge in [0.05, 0.1) is 51.7 Å². The standard InChI is InChI=1S/C13H22N5/c1-18(2)9-7-17(8-10-18)13(15)12(14)11-5-3-4-6-16-11/h3-6,15-16H,7-10,14H2,1-2H3/q+1/b12-11+,15-13?. The Morgan fingerprint density at radius 1 is 1.33 bits per heavy atom. The average Bonchev–Trinajstić information content (AvgIpc) is 2.38. The van der Waals surface area contributed by atoms with Crippen LogP contribution in [-0.4, -0.2) is 55.5 Å². The van der Waals surface area contributed by atoms with E-state index < -0.39 is 0 Å². The first kappa shape index (κ1) is 12.7. The van der Waals surface area contributed by atoms with E-state index in [-0.39, 0.29) is 0 Å².